The van der Waals surface area contributed by atoms with Crippen LogP contribution in [0.5, 0.6) is 0 Å². The molecular weight excluding hydrogens is 240 g/mol. The van der Waals surface area contributed by atoms with Gasteiger partial charge in [-0.25, -0.2) is 4.79 Å². The summed E-state index contributed by atoms with van der Waals surface area (Å²) in [4.78, 5) is 13.7. The first-order valence-corrected chi connectivity index (χ1v) is 6.76. The zero-order chi connectivity index (χ0) is 13.9. The van der Waals surface area contributed by atoms with Gasteiger partial charge in [0.15, 0.2) is 0 Å². The molecule has 4 heteroatoms. The molecule has 1 heterocycles. The standard InChI is InChI=1S/C15H22N2O2/c1-12-4-6-13(7-5-12)10-17-11-15(2,8-3-9-16)19-14(17)18/h4-7H,3,8-11,16H2,1-2H3. The number of carbonyl (C=O) groups excluding carboxylic acids is 1. The first-order chi connectivity index (χ1) is 9.02. The van der Waals surface area contributed by atoms with Gasteiger partial charge < -0.3 is 10.5 Å². The number of amides is 1. The molecule has 0 bridgehead atoms. The zero-order valence-electron chi connectivity index (χ0n) is 11.7. The lowest BCUT2D eigenvalue weighted by Crippen LogP contribution is -2.31. The number of cyclic esters (lactones) is 1. The molecule has 1 aliphatic rings. The molecule has 0 radical (unpaired) electrons. The van der Waals surface area contributed by atoms with E-state index in [4.69, 9.17) is 10.5 Å². The number of nitrogens with two attached hydrogens (primary N) is 1. The second-order valence-corrected chi connectivity index (χ2v) is 5.55. The van der Waals surface area contributed by atoms with E-state index < -0.39 is 0 Å². The molecule has 1 fully saturated rings. The molecule has 0 aromatic heterocycles. The number of hydrogen-bond donors (Lipinski definition) is 1. The van der Waals surface area contributed by atoms with E-state index in [1.54, 1.807) is 4.90 Å². The van der Waals surface area contributed by atoms with E-state index >= 15 is 0 Å². The largest absolute Gasteiger partial charge is 0.441 e. The third-order valence-corrected chi connectivity index (χ3v) is 3.52. The lowest BCUT2D eigenvalue weighted by atomic mass is 10.00. The summed E-state index contributed by atoms with van der Waals surface area (Å²) in [7, 11) is 0. The Bertz CT molecular complexity index is 444. The molecule has 2 rings (SSSR count). The van der Waals surface area contributed by atoms with Gasteiger partial charge in [0.1, 0.15) is 5.60 Å². The highest BCUT2D eigenvalue weighted by Crippen LogP contribution is 2.28. The Morgan fingerprint density at radius 2 is 2.05 bits per heavy atom. The van der Waals surface area contributed by atoms with E-state index in [2.05, 4.69) is 31.2 Å². The Morgan fingerprint density at radius 1 is 1.37 bits per heavy atom. The average molecular weight is 262 g/mol. The average Bonchev–Trinajstić information content (AvgIpc) is 2.65. The van der Waals surface area contributed by atoms with Crippen LogP contribution in [0.15, 0.2) is 24.3 Å². The highest BCUT2D eigenvalue weighted by atomic mass is 16.6. The predicted octanol–water partition coefficient (Wildman–Crippen LogP) is 2.44. The van der Waals surface area contributed by atoms with Crippen LogP contribution in [0.2, 0.25) is 0 Å². The molecule has 0 aliphatic carbocycles. The highest BCUT2D eigenvalue weighted by molar-refractivity contribution is 5.70. The summed E-state index contributed by atoms with van der Waals surface area (Å²) >= 11 is 0. The first kappa shape index (κ1) is 13.9. The fourth-order valence-electron chi connectivity index (χ4n) is 2.42. The van der Waals surface area contributed by atoms with Gasteiger partial charge in [-0.1, -0.05) is 29.8 Å². The van der Waals surface area contributed by atoms with Gasteiger partial charge in [-0.15, -0.1) is 0 Å². The summed E-state index contributed by atoms with van der Waals surface area (Å²) < 4.78 is 5.49. The van der Waals surface area contributed by atoms with E-state index in [0.717, 1.165) is 18.4 Å². The number of ether oxygens (including phenoxy) is 1. The van der Waals surface area contributed by atoms with Gasteiger partial charge in [-0.05, 0) is 38.8 Å². The Balaban J connectivity index is 1.98. The fourth-order valence-corrected chi connectivity index (χ4v) is 2.42. The van der Waals surface area contributed by atoms with E-state index in [9.17, 15) is 4.79 Å². The summed E-state index contributed by atoms with van der Waals surface area (Å²) in [5, 5.41) is 0. The number of hydrogen-bond acceptors (Lipinski definition) is 3. The lowest BCUT2D eigenvalue weighted by Gasteiger charge is -2.21. The van der Waals surface area contributed by atoms with Crippen molar-refractivity contribution in [2.45, 2.75) is 38.8 Å². The van der Waals surface area contributed by atoms with Gasteiger partial charge in [-0.3, -0.25) is 4.90 Å². The molecule has 4 nitrogen and oxygen atoms in total. The molecule has 1 atom stereocenters. The van der Waals surface area contributed by atoms with Crippen molar-refractivity contribution in [1.82, 2.24) is 4.90 Å². The van der Waals surface area contributed by atoms with Crippen molar-refractivity contribution in [3.05, 3.63) is 35.4 Å². The molecule has 104 valence electrons. The van der Waals surface area contributed by atoms with Crippen LogP contribution < -0.4 is 5.73 Å². The van der Waals surface area contributed by atoms with E-state index in [1.165, 1.54) is 5.56 Å². The number of carbonyl (C=O) groups is 1. The van der Waals surface area contributed by atoms with Crippen LogP contribution in [-0.2, 0) is 11.3 Å². The smallest absolute Gasteiger partial charge is 0.410 e. The Labute approximate surface area is 114 Å². The fraction of sp³-hybridized carbons (Fsp3) is 0.533. The van der Waals surface area contributed by atoms with Gasteiger partial charge in [0.05, 0.1) is 6.54 Å². The third-order valence-electron chi connectivity index (χ3n) is 3.52. The van der Waals surface area contributed by atoms with Crippen LogP contribution in [-0.4, -0.2) is 29.7 Å². The quantitative estimate of drug-likeness (QED) is 0.886. The second kappa shape index (κ2) is 5.61. The van der Waals surface area contributed by atoms with E-state index in [1.807, 2.05) is 6.92 Å². The Hall–Kier alpha value is -1.55. The van der Waals surface area contributed by atoms with Crippen LogP contribution in [0.1, 0.15) is 30.9 Å². The maximum Gasteiger partial charge on any atom is 0.410 e. The number of nitrogens with zero attached hydrogens (tertiary/aromatic N) is 1. The number of rotatable bonds is 5. The molecule has 1 aromatic carbocycles. The van der Waals surface area contributed by atoms with Gasteiger partial charge in [0, 0.05) is 6.54 Å². The summed E-state index contributed by atoms with van der Waals surface area (Å²) in [6.07, 6.45) is 1.47. The summed E-state index contributed by atoms with van der Waals surface area (Å²) in [5.74, 6) is 0. The summed E-state index contributed by atoms with van der Waals surface area (Å²) in [6, 6.07) is 8.23. The van der Waals surface area contributed by atoms with Crippen LogP contribution in [0.4, 0.5) is 4.79 Å². The minimum Gasteiger partial charge on any atom is -0.441 e. The third kappa shape index (κ3) is 3.47. The number of aryl methyl sites for hydroxylation is 1. The maximum absolute atomic E-state index is 11.9. The molecule has 1 saturated heterocycles. The molecule has 1 aliphatic heterocycles. The maximum atomic E-state index is 11.9. The van der Waals surface area contributed by atoms with Crippen molar-refractivity contribution >= 4 is 6.09 Å². The molecule has 0 spiro atoms. The van der Waals surface area contributed by atoms with Gasteiger partial charge >= 0.3 is 6.09 Å². The second-order valence-electron chi connectivity index (χ2n) is 5.55. The zero-order valence-corrected chi connectivity index (χ0v) is 11.7. The monoisotopic (exact) mass is 262 g/mol. The van der Waals surface area contributed by atoms with Crippen molar-refractivity contribution in [2.24, 2.45) is 5.73 Å². The van der Waals surface area contributed by atoms with Crippen molar-refractivity contribution in [3.63, 3.8) is 0 Å². The van der Waals surface area contributed by atoms with Crippen molar-refractivity contribution < 1.29 is 9.53 Å². The molecule has 0 saturated carbocycles. The molecular formula is C15H22N2O2. The Kier molecular flexibility index (Phi) is 4.10. The first-order valence-electron chi connectivity index (χ1n) is 6.76. The topological polar surface area (TPSA) is 55.6 Å². The SMILES string of the molecule is Cc1ccc(CN2CC(C)(CCCN)OC2=O)cc1. The van der Waals surface area contributed by atoms with Crippen molar-refractivity contribution in [2.75, 3.05) is 13.1 Å². The normalized spacial score (nSPS) is 22.7. The molecule has 2 N–H and O–H groups in total. The van der Waals surface area contributed by atoms with Gasteiger partial charge in [0.2, 0.25) is 0 Å². The van der Waals surface area contributed by atoms with Gasteiger partial charge in [-0.2, -0.15) is 0 Å². The molecule has 19 heavy (non-hydrogen) atoms. The molecule has 1 unspecified atom stereocenters. The number of benzene rings is 1. The van der Waals surface area contributed by atoms with Crippen LogP contribution in [0, 0.1) is 6.92 Å². The predicted molar refractivity (Wildman–Crippen MR) is 74.8 cm³/mol. The van der Waals surface area contributed by atoms with Gasteiger partial charge in [0.25, 0.3) is 0 Å². The lowest BCUT2D eigenvalue weighted by molar-refractivity contribution is 0.0638. The summed E-state index contributed by atoms with van der Waals surface area (Å²) in [5.41, 5.74) is 7.48. The molecule has 1 amide bonds. The molecule has 1 aromatic rings. The minimum atomic E-state index is -0.388. The van der Waals surface area contributed by atoms with Crippen LogP contribution in [0.3, 0.4) is 0 Å². The van der Waals surface area contributed by atoms with Crippen molar-refractivity contribution in [1.29, 1.82) is 0 Å². The van der Waals surface area contributed by atoms with Crippen LogP contribution >= 0.6 is 0 Å². The van der Waals surface area contributed by atoms with E-state index in [-0.39, 0.29) is 11.7 Å². The highest BCUT2D eigenvalue weighted by Gasteiger charge is 2.40. The van der Waals surface area contributed by atoms with Crippen molar-refractivity contribution in [3.8, 4) is 0 Å². The summed E-state index contributed by atoms with van der Waals surface area (Å²) in [6.45, 7) is 5.91. The van der Waals surface area contributed by atoms with E-state index in [0.29, 0.717) is 19.6 Å². The minimum absolute atomic E-state index is 0.222. The Morgan fingerprint density at radius 3 is 2.68 bits per heavy atom. The van der Waals surface area contributed by atoms with Crippen LogP contribution in [0.25, 0.3) is 0 Å².